The number of benzene rings is 3. The van der Waals surface area contributed by atoms with Gasteiger partial charge >= 0.3 is 5.97 Å². The number of carbonyl (C=O) groups is 1. The fourth-order valence-corrected chi connectivity index (χ4v) is 5.42. The van der Waals surface area contributed by atoms with Gasteiger partial charge in [-0.05, 0) is 55.4 Å². The zero-order chi connectivity index (χ0) is 22.2. The monoisotopic (exact) mass is 453 g/mol. The van der Waals surface area contributed by atoms with E-state index in [-0.39, 0.29) is 17.7 Å². The van der Waals surface area contributed by atoms with Crippen molar-refractivity contribution in [3.05, 3.63) is 60.5 Å². The summed E-state index contributed by atoms with van der Waals surface area (Å²) in [5.74, 6) is -0.0961. The summed E-state index contributed by atoms with van der Waals surface area (Å²) < 4.78 is 25.4. The summed E-state index contributed by atoms with van der Waals surface area (Å²) in [4.78, 5) is 13.5. The van der Waals surface area contributed by atoms with Gasteiger partial charge in [0.15, 0.2) is 0 Å². The molecule has 0 aliphatic heterocycles. The molecule has 0 N–H and O–H groups in total. The fraction of sp³-hybridized carbons (Fsp3) is 0.280. The lowest BCUT2D eigenvalue weighted by molar-refractivity contribution is -0.158. The third-order valence-corrected chi connectivity index (χ3v) is 7.07. The Morgan fingerprint density at radius 3 is 2.61 bits per heavy atom. The molecular weight excluding hydrogens is 429 g/mol. The Kier molecular flexibility index (Phi) is 6.04. The van der Waals surface area contributed by atoms with Crippen molar-refractivity contribution < 1.29 is 13.9 Å². The fourth-order valence-electron chi connectivity index (χ4n) is 3.46. The van der Waals surface area contributed by atoms with Gasteiger partial charge in [0, 0.05) is 33.2 Å². The first-order valence-electron chi connectivity index (χ1n) is 10.2. The lowest BCUT2D eigenvalue weighted by atomic mass is 9.97. The lowest BCUT2D eigenvalue weighted by Crippen LogP contribution is -2.28. The van der Waals surface area contributed by atoms with Crippen LogP contribution >= 0.6 is 23.3 Å². The maximum atomic E-state index is 14.4. The van der Waals surface area contributed by atoms with Crippen molar-refractivity contribution in [2.24, 2.45) is 5.92 Å². The van der Waals surface area contributed by atoms with E-state index < -0.39 is 5.60 Å². The zero-order valence-electron chi connectivity index (χ0n) is 17.9. The van der Waals surface area contributed by atoms with E-state index in [2.05, 4.69) is 16.5 Å². The molecule has 0 aliphatic rings. The van der Waals surface area contributed by atoms with Gasteiger partial charge in [0.2, 0.25) is 0 Å². The van der Waals surface area contributed by atoms with Crippen LogP contribution in [0.15, 0.2) is 59.6 Å². The number of rotatable bonds is 5. The van der Waals surface area contributed by atoms with Crippen LogP contribution in [0.2, 0.25) is 0 Å². The molecule has 31 heavy (non-hydrogen) atoms. The number of hydrogen-bond acceptors (Lipinski definition) is 5. The average molecular weight is 454 g/mol. The molecule has 0 saturated carbocycles. The predicted molar refractivity (Wildman–Crippen MR) is 128 cm³/mol. The average Bonchev–Trinajstić information content (AvgIpc) is 3.20. The van der Waals surface area contributed by atoms with Crippen LogP contribution in [0.5, 0.6) is 0 Å². The van der Waals surface area contributed by atoms with Gasteiger partial charge in [0.25, 0.3) is 0 Å². The van der Waals surface area contributed by atoms with Gasteiger partial charge in [0.05, 0.1) is 10.6 Å². The standard InChI is InChI=1S/C25H24FNO2S2/c1-15(24(28)29-25(2,3)4)14-30-21-12-9-16-13-27-31-23(16)22(21)19-10-11-20(26)18-8-6-5-7-17(18)19/h5-13,15H,14H2,1-4H3. The van der Waals surface area contributed by atoms with Crippen molar-refractivity contribution in [2.45, 2.75) is 38.2 Å². The molecule has 3 aromatic carbocycles. The summed E-state index contributed by atoms with van der Waals surface area (Å²) in [7, 11) is 0. The predicted octanol–water partition coefficient (Wildman–Crippen LogP) is 7.33. The number of thioether (sulfide) groups is 1. The molecule has 4 rings (SSSR count). The first-order valence-corrected chi connectivity index (χ1v) is 11.9. The number of esters is 1. The Balaban J connectivity index is 1.75. The van der Waals surface area contributed by atoms with Crippen molar-refractivity contribution in [2.75, 3.05) is 5.75 Å². The van der Waals surface area contributed by atoms with Gasteiger partial charge in [0.1, 0.15) is 11.4 Å². The molecule has 160 valence electrons. The van der Waals surface area contributed by atoms with Gasteiger partial charge < -0.3 is 4.74 Å². The van der Waals surface area contributed by atoms with Gasteiger partial charge in [-0.3, -0.25) is 4.79 Å². The number of fused-ring (bicyclic) bond motifs is 2. The highest BCUT2D eigenvalue weighted by Crippen LogP contribution is 2.43. The SMILES string of the molecule is CC(CSc1ccc2cnsc2c1-c1ccc(F)c2ccccc12)C(=O)OC(C)(C)C. The van der Waals surface area contributed by atoms with E-state index >= 15 is 0 Å². The molecule has 4 aromatic rings. The quantitative estimate of drug-likeness (QED) is 0.234. The molecule has 3 nitrogen and oxygen atoms in total. The van der Waals surface area contributed by atoms with Crippen LogP contribution in [0.25, 0.3) is 32.0 Å². The Hall–Kier alpha value is -2.44. The summed E-state index contributed by atoms with van der Waals surface area (Å²) in [6, 6.07) is 15.0. The number of nitrogens with zero attached hydrogens (tertiary/aromatic N) is 1. The Morgan fingerprint density at radius 1 is 1.13 bits per heavy atom. The third-order valence-electron chi connectivity index (χ3n) is 4.92. The molecule has 1 atom stereocenters. The van der Waals surface area contributed by atoms with E-state index in [9.17, 15) is 9.18 Å². The van der Waals surface area contributed by atoms with Gasteiger partial charge in [-0.25, -0.2) is 4.39 Å². The van der Waals surface area contributed by atoms with E-state index in [1.165, 1.54) is 17.6 Å². The van der Waals surface area contributed by atoms with Gasteiger partial charge in [-0.1, -0.05) is 43.3 Å². The van der Waals surface area contributed by atoms with Gasteiger partial charge in [-0.15, -0.1) is 11.8 Å². The van der Waals surface area contributed by atoms with Crippen LogP contribution in [-0.2, 0) is 9.53 Å². The molecule has 0 spiro atoms. The molecule has 0 fully saturated rings. The summed E-state index contributed by atoms with van der Waals surface area (Å²) in [6.45, 7) is 7.51. The molecule has 0 radical (unpaired) electrons. The summed E-state index contributed by atoms with van der Waals surface area (Å²) in [6.07, 6.45) is 1.85. The first kappa shape index (κ1) is 21.8. The second kappa shape index (κ2) is 8.60. The molecule has 6 heteroatoms. The molecule has 1 unspecified atom stereocenters. The second-order valence-corrected chi connectivity index (χ2v) is 10.4. The van der Waals surface area contributed by atoms with E-state index in [0.717, 1.165) is 31.5 Å². The minimum Gasteiger partial charge on any atom is -0.460 e. The topological polar surface area (TPSA) is 39.2 Å². The molecular formula is C25H24FNO2S2. The van der Waals surface area contributed by atoms with Crippen molar-refractivity contribution in [3.8, 4) is 11.1 Å². The van der Waals surface area contributed by atoms with Gasteiger partial charge in [-0.2, -0.15) is 4.37 Å². The van der Waals surface area contributed by atoms with E-state index in [4.69, 9.17) is 4.74 Å². The largest absolute Gasteiger partial charge is 0.460 e. The van der Waals surface area contributed by atoms with Crippen LogP contribution in [-0.4, -0.2) is 21.7 Å². The Morgan fingerprint density at radius 2 is 1.87 bits per heavy atom. The van der Waals surface area contributed by atoms with E-state index in [1.54, 1.807) is 17.8 Å². The molecule has 0 bridgehead atoms. The maximum Gasteiger partial charge on any atom is 0.310 e. The molecule has 0 amide bonds. The van der Waals surface area contributed by atoms with Crippen molar-refractivity contribution >= 4 is 50.1 Å². The Labute approximate surface area is 189 Å². The summed E-state index contributed by atoms with van der Waals surface area (Å²) in [5, 5.41) is 2.52. The molecule has 0 saturated heterocycles. The zero-order valence-corrected chi connectivity index (χ0v) is 19.6. The first-order chi connectivity index (χ1) is 14.7. The van der Waals surface area contributed by atoms with Crippen LogP contribution < -0.4 is 0 Å². The van der Waals surface area contributed by atoms with Crippen molar-refractivity contribution in [3.63, 3.8) is 0 Å². The van der Waals surface area contributed by atoms with Crippen LogP contribution in [0.4, 0.5) is 4.39 Å². The molecule has 0 aliphatic carbocycles. The highest BCUT2D eigenvalue weighted by Gasteiger charge is 2.23. The summed E-state index contributed by atoms with van der Waals surface area (Å²) >= 11 is 3.06. The van der Waals surface area contributed by atoms with Crippen LogP contribution in [0.1, 0.15) is 27.7 Å². The second-order valence-electron chi connectivity index (χ2n) is 8.57. The number of halogens is 1. The molecule has 1 aromatic heterocycles. The number of carbonyl (C=O) groups excluding carboxylic acids is 1. The number of ether oxygens (including phenoxy) is 1. The molecule has 1 heterocycles. The third kappa shape index (κ3) is 4.60. The number of aromatic nitrogens is 1. The lowest BCUT2D eigenvalue weighted by Gasteiger charge is -2.22. The summed E-state index contributed by atoms with van der Waals surface area (Å²) in [5.41, 5.74) is 1.51. The number of hydrogen-bond donors (Lipinski definition) is 0. The maximum absolute atomic E-state index is 14.4. The van der Waals surface area contributed by atoms with Crippen molar-refractivity contribution in [1.29, 1.82) is 0 Å². The van der Waals surface area contributed by atoms with E-state index in [0.29, 0.717) is 11.1 Å². The minimum atomic E-state index is -0.504. The Bertz CT molecular complexity index is 1260. The highest BCUT2D eigenvalue weighted by molar-refractivity contribution is 7.99. The van der Waals surface area contributed by atoms with Crippen LogP contribution in [0.3, 0.4) is 0 Å². The van der Waals surface area contributed by atoms with Crippen molar-refractivity contribution in [1.82, 2.24) is 4.37 Å². The minimum absolute atomic E-state index is 0.201. The smallest absolute Gasteiger partial charge is 0.310 e. The van der Waals surface area contributed by atoms with Crippen LogP contribution in [0, 0.1) is 11.7 Å². The van der Waals surface area contributed by atoms with E-state index in [1.807, 2.05) is 58.2 Å². The highest BCUT2D eigenvalue weighted by atomic mass is 32.2. The normalized spacial score (nSPS) is 12.9.